The maximum atomic E-state index is 4.70. The molecule has 6 heteroatoms. The van der Waals surface area contributed by atoms with Crippen molar-refractivity contribution in [3.63, 3.8) is 0 Å². The maximum Gasteiger partial charge on any atom is 0.191 e. The van der Waals surface area contributed by atoms with E-state index in [-0.39, 0.29) is 24.0 Å². The van der Waals surface area contributed by atoms with Gasteiger partial charge in [0.1, 0.15) is 12.4 Å². The Morgan fingerprint density at radius 3 is 2.46 bits per heavy atom. The van der Waals surface area contributed by atoms with E-state index < -0.39 is 0 Å². The van der Waals surface area contributed by atoms with Crippen LogP contribution in [0.3, 0.4) is 0 Å². The summed E-state index contributed by atoms with van der Waals surface area (Å²) in [6.45, 7) is 15.7. The second kappa shape index (κ2) is 12.6. The van der Waals surface area contributed by atoms with Crippen LogP contribution in [0.2, 0.25) is 0 Å². The lowest BCUT2D eigenvalue weighted by Gasteiger charge is -2.18. The molecule has 0 saturated carbocycles. The Labute approximate surface area is 165 Å². The molecule has 2 N–H and O–H groups in total. The zero-order valence-electron chi connectivity index (χ0n) is 16.2. The first-order chi connectivity index (χ1) is 10.9. The highest BCUT2D eigenvalue weighted by molar-refractivity contribution is 14.0. The van der Waals surface area contributed by atoms with Crippen LogP contribution in [0.5, 0.6) is 0 Å². The summed E-state index contributed by atoms with van der Waals surface area (Å²) in [5, 5.41) is 6.82. The molecule has 0 spiro atoms. The first-order valence-electron chi connectivity index (χ1n) is 8.97. The lowest BCUT2D eigenvalue weighted by atomic mass is 10.0. The van der Waals surface area contributed by atoms with Gasteiger partial charge >= 0.3 is 0 Å². The van der Waals surface area contributed by atoms with E-state index in [0.717, 1.165) is 37.2 Å². The predicted molar refractivity (Wildman–Crippen MR) is 114 cm³/mol. The van der Waals surface area contributed by atoms with Crippen LogP contribution in [0.25, 0.3) is 0 Å². The highest BCUT2D eigenvalue weighted by Crippen LogP contribution is 2.07. The van der Waals surface area contributed by atoms with Crippen LogP contribution in [0, 0.1) is 11.8 Å². The quantitative estimate of drug-likeness (QED) is 0.340. The third-order valence-corrected chi connectivity index (χ3v) is 3.65. The van der Waals surface area contributed by atoms with Crippen LogP contribution in [-0.2, 0) is 13.1 Å². The monoisotopic (exact) mass is 449 g/mol. The molecule has 1 heterocycles. The van der Waals surface area contributed by atoms with Crippen molar-refractivity contribution in [3.8, 4) is 0 Å². The zero-order valence-corrected chi connectivity index (χ0v) is 18.5. The molecule has 1 aromatic heterocycles. The van der Waals surface area contributed by atoms with E-state index in [1.807, 2.05) is 12.4 Å². The molecule has 0 radical (unpaired) electrons. The molecule has 0 aliphatic carbocycles. The fourth-order valence-electron chi connectivity index (χ4n) is 2.41. The normalized spacial score (nSPS) is 13.1. The van der Waals surface area contributed by atoms with Crippen LogP contribution in [0.4, 0.5) is 0 Å². The van der Waals surface area contributed by atoms with E-state index in [1.165, 1.54) is 6.42 Å². The number of nitrogens with zero attached hydrogens (tertiary/aromatic N) is 3. The van der Waals surface area contributed by atoms with Crippen molar-refractivity contribution in [1.29, 1.82) is 0 Å². The van der Waals surface area contributed by atoms with Gasteiger partial charge in [-0.15, -0.1) is 24.0 Å². The maximum absolute atomic E-state index is 4.70. The SMILES string of the molecule is CCNC(=NCc1nccn1CC(C)C)NC(C)CCC(C)C.I. The summed E-state index contributed by atoms with van der Waals surface area (Å²) >= 11 is 0. The smallest absolute Gasteiger partial charge is 0.191 e. The summed E-state index contributed by atoms with van der Waals surface area (Å²) in [6, 6.07) is 0.422. The molecule has 5 nitrogen and oxygen atoms in total. The fraction of sp³-hybridized carbons (Fsp3) is 0.778. The number of imidazole rings is 1. The van der Waals surface area contributed by atoms with Crippen LogP contribution < -0.4 is 10.6 Å². The average molecular weight is 449 g/mol. The van der Waals surface area contributed by atoms with E-state index in [0.29, 0.717) is 18.5 Å². The molecular formula is C18H36IN5. The molecule has 24 heavy (non-hydrogen) atoms. The number of halogens is 1. The third kappa shape index (κ3) is 9.49. The Morgan fingerprint density at radius 1 is 1.17 bits per heavy atom. The summed E-state index contributed by atoms with van der Waals surface area (Å²) in [7, 11) is 0. The highest BCUT2D eigenvalue weighted by Gasteiger charge is 2.08. The van der Waals surface area contributed by atoms with Crippen LogP contribution in [0.15, 0.2) is 17.4 Å². The van der Waals surface area contributed by atoms with Gasteiger partial charge in [0.15, 0.2) is 5.96 Å². The topological polar surface area (TPSA) is 54.2 Å². The summed E-state index contributed by atoms with van der Waals surface area (Å²) in [6.07, 6.45) is 6.28. The van der Waals surface area contributed by atoms with E-state index >= 15 is 0 Å². The Balaban J connectivity index is 0.00000529. The lowest BCUT2D eigenvalue weighted by Crippen LogP contribution is -2.42. The number of hydrogen-bond donors (Lipinski definition) is 2. The number of aromatic nitrogens is 2. The zero-order chi connectivity index (χ0) is 17.2. The van der Waals surface area contributed by atoms with Crippen molar-refractivity contribution in [1.82, 2.24) is 20.2 Å². The van der Waals surface area contributed by atoms with Crippen molar-refractivity contribution in [3.05, 3.63) is 18.2 Å². The fourth-order valence-corrected chi connectivity index (χ4v) is 2.41. The number of nitrogens with one attached hydrogen (secondary N) is 2. The number of guanidine groups is 1. The van der Waals surface area contributed by atoms with Gasteiger partial charge < -0.3 is 15.2 Å². The largest absolute Gasteiger partial charge is 0.357 e. The molecule has 1 unspecified atom stereocenters. The molecule has 0 fully saturated rings. The number of aliphatic imine (C=N–C) groups is 1. The summed E-state index contributed by atoms with van der Waals surface area (Å²) in [4.78, 5) is 9.14. The standard InChI is InChI=1S/C18H35N5.HI/c1-7-19-18(22-16(6)9-8-14(2)3)21-12-17-20-10-11-23(17)13-15(4)5;/h10-11,14-16H,7-9,12-13H2,1-6H3,(H2,19,21,22);1H. The predicted octanol–water partition coefficient (Wildman–Crippen LogP) is 4.04. The van der Waals surface area contributed by atoms with Gasteiger partial charge in [0, 0.05) is 31.5 Å². The molecule has 0 aliphatic heterocycles. The Hall–Kier alpha value is -0.790. The molecule has 140 valence electrons. The van der Waals surface area contributed by atoms with E-state index in [1.54, 1.807) is 0 Å². The van der Waals surface area contributed by atoms with Crippen LogP contribution >= 0.6 is 24.0 Å². The Kier molecular flexibility index (Phi) is 12.1. The van der Waals surface area contributed by atoms with Gasteiger partial charge in [-0.3, -0.25) is 0 Å². The van der Waals surface area contributed by atoms with Gasteiger partial charge in [-0.1, -0.05) is 27.7 Å². The summed E-state index contributed by atoms with van der Waals surface area (Å²) in [5.74, 6) is 3.24. The molecule has 0 saturated heterocycles. The van der Waals surface area contributed by atoms with Crippen molar-refractivity contribution < 1.29 is 0 Å². The van der Waals surface area contributed by atoms with Gasteiger partial charge in [0.05, 0.1) is 0 Å². The first kappa shape index (κ1) is 23.2. The molecule has 0 aromatic carbocycles. The molecule has 0 amide bonds. The second-order valence-electron chi connectivity index (χ2n) is 7.10. The van der Waals surface area contributed by atoms with Gasteiger partial charge in [-0.05, 0) is 38.5 Å². The van der Waals surface area contributed by atoms with E-state index in [2.05, 4.69) is 61.7 Å². The van der Waals surface area contributed by atoms with Crippen molar-refractivity contribution in [2.45, 2.75) is 73.5 Å². The Morgan fingerprint density at radius 2 is 1.88 bits per heavy atom. The molecule has 1 atom stereocenters. The van der Waals surface area contributed by atoms with E-state index in [9.17, 15) is 0 Å². The van der Waals surface area contributed by atoms with E-state index in [4.69, 9.17) is 4.99 Å². The average Bonchev–Trinajstić information content (AvgIpc) is 2.89. The van der Waals surface area contributed by atoms with Crippen molar-refractivity contribution in [2.75, 3.05) is 6.54 Å². The highest BCUT2D eigenvalue weighted by atomic mass is 127. The first-order valence-corrected chi connectivity index (χ1v) is 8.97. The molecule has 0 aliphatic rings. The number of rotatable bonds is 9. The van der Waals surface area contributed by atoms with Gasteiger partial charge in [-0.2, -0.15) is 0 Å². The lowest BCUT2D eigenvalue weighted by molar-refractivity contribution is 0.488. The van der Waals surface area contributed by atoms with Crippen LogP contribution in [0.1, 0.15) is 60.2 Å². The van der Waals surface area contributed by atoms with Crippen LogP contribution in [-0.4, -0.2) is 28.1 Å². The molecule has 1 aromatic rings. The minimum Gasteiger partial charge on any atom is -0.357 e. The van der Waals surface area contributed by atoms with Gasteiger partial charge in [0.25, 0.3) is 0 Å². The molecular weight excluding hydrogens is 413 g/mol. The summed E-state index contributed by atoms with van der Waals surface area (Å²) in [5.41, 5.74) is 0. The van der Waals surface area contributed by atoms with Crippen molar-refractivity contribution in [2.24, 2.45) is 16.8 Å². The minimum absolute atomic E-state index is 0. The molecule has 0 bridgehead atoms. The minimum atomic E-state index is 0. The van der Waals surface area contributed by atoms with Crippen molar-refractivity contribution >= 4 is 29.9 Å². The van der Waals surface area contributed by atoms with Gasteiger partial charge in [-0.25, -0.2) is 9.98 Å². The second-order valence-corrected chi connectivity index (χ2v) is 7.10. The third-order valence-electron chi connectivity index (χ3n) is 3.65. The van der Waals surface area contributed by atoms with Gasteiger partial charge in [0.2, 0.25) is 0 Å². The molecule has 1 rings (SSSR count). The number of hydrogen-bond acceptors (Lipinski definition) is 2. The Bertz CT molecular complexity index is 468. The summed E-state index contributed by atoms with van der Waals surface area (Å²) < 4.78 is 2.19.